The lowest BCUT2D eigenvalue weighted by atomic mass is 10.1. The zero-order valence-corrected chi connectivity index (χ0v) is 16.8. The number of rotatable bonds is 11. The van der Waals surface area contributed by atoms with Gasteiger partial charge < -0.3 is 18.7 Å². The van der Waals surface area contributed by atoms with Gasteiger partial charge in [-0.25, -0.2) is 0 Å². The number of azide groups is 1. The number of benzene rings is 1. The largest absolute Gasteiger partial charge is 0.461 e. The summed E-state index contributed by atoms with van der Waals surface area (Å²) in [5, 5.41) is 3.27. The van der Waals surface area contributed by atoms with Crippen LogP contribution in [0.4, 0.5) is 0 Å². The van der Waals surface area contributed by atoms with Crippen molar-refractivity contribution in [2.24, 2.45) is 5.11 Å². The first-order valence-electron chi connectivity index (χ1n) is 8.46. The zero-order chi connectivity index (χ0) is 20.6. The Labute approximate surface area is 166 Å². The molecule has 10 nitrogen and oxygen atoms in total. The van der Waals surface area contributed by atoms with Crippen molar-refractivity contribution in [3.63, 3.8) is 0 Å². The van der Waals surface area contributed by atoms with Crippen LogP contribution >= 0.6 is 19.2 Å². The summed E-state index contributed by atoms with van der Waals surface area (Å²) in [6.07, 6.45) is -0.534. The topological polar surface area (TPSA) is 131 Å². The van der Waals surface area contributed by atoms with E-state index in [0.717, 1.165) is 10.5 Å². The Morgan fingerprint density at radius 1 is 1.36 bits per heavy atom. The number of likely N-dealkylation sites (tertiary alicyclic amines) is 1. The standard InChI is InChI=1S/C16H20ClN4O6P/c1-2-26-28(24,11-21-15(17)14(16(21)23)19-20-18)27-9-8-13(22)25-10-12-6-4-3-5-7-12/h3-7,14-15H,2,8-11H2,1H3. The molecule has 1 aliphatic rings. The molecule has 0 aliphatic carbocycles. The molecule has 1 heterocycles. The van der Waals surface area contributed by atoms with Crippen LogP contribution < -0.4 is 0 Å². The minimum Gasteiger partial charge on any atom is -0.461 e. The van der Waals surface area contributed by atoms with E-state index in [2.05, 4.69) is 10.0 Å². The second kappa shape index (κ2) is 10.5. The average molecular weight is 431 g/mol. The van der Waals surface area contributed by atoms with Gasteiger partial charge in [0.1, 0.15) is 18.4 Å². The molecule has 0 aromatic heterocycles. The second-order valence-electron chi connectivity index (χ2n) is 5.73. The molecule has 3 unspecified atom stereocenters. The minimum atomic E-state index is -3.72. The van der Waals surface area contributed by atoms with Crippen LogP contribution in [-0.4, -0.2) is 47.8 Å². The molecular formula is C16H20ClN4O6P. The fraction of sp³-hybridized carbons (Fsp3) is 0.500. The number of amides is 1. The van der Waals surface area contributed by atoms with Gasteiger partial charge in [-0.15, -0.1) is 0 Å². The number of halogens is 1. The van der Waals surface area contributed by atoms with Crippen LogP contribution in [-0.2, 0) is 34.5 Å². The first-order valence-corrected chi connectivity index (χ1v) is 10.6. The Bertz CT molecular complexity index is 789. The molecule has 3 atom stereocenters. The van der Waals surface area contributed by atoms with Crippen LogP contribution in [0.15, 0.2) is 35.4 Å². The number of β-lactam (4-membered cyclic amide) rings is 1. The number of nitrogens with zero attached hydrogens (tertiary/aromatic N) is 4. The molecule has 152 valence electrons. The van der Waals surface area contributed by atoms with Gasteiger partial charge >= 0.3 is 13.6 Å². The SMILES string of the molecule is CCOP(=O)(CN1C(=O)C(N=[N+]=[N-])C1Cl)OCCC(=O)OCc1ccccc1. The molecule has 0 bridgehead atoms. The second-order valence-corrected chi connectivity index (χ2v) is 8.20. The molecule has 1 saturated heterocycles. The number of ether oxygens (including phenoxy) is 1. The highest BCUT2D eigenvalue weighted by molar-refractivity contribution is 7.53. The Morgan fingerprint density at radius 2 is 2.07 bits per heavy atom. The van der Waals surface area contributed by atoms with Crippen LogP contribution in [0.3, 0.4) is 0 Å². The zero-order valence-electron chi connectivity index (χ0n) is 15.1. The highest BCUT2D eigenvalue weighted by atomic mass is 35.5. The van der Waals surface area contributed by atoms with Crippen LogP contribution in [0.5, 0.6) is 0 Å². The third kappa shape index (κ3) is 5.95. The predicted molar refractivity (Wildman–Crippen MR) is 100 cm³/mol. The molecule has 0 saturated carbocycles. The lowest BCUT2D eigenvalue weighted by molar-refractivity contribution is -0.146. The van der Waals surface area contributed by atoms with Gasteiger partial charge in [0, 0.05) is 4.91 Å². The number of hydrogen-bond donors (Lipinski definition) is 0. The quantitative estimate of drug-likeness (QED) is 0.0772. The van der Waals surface area contributed by atoms with E-state index in [-0.39, 0.29) is 26.2 Å². The van der Waals surface area contributed by atoms with Crippen molar-refractivity contribution in [2.45, 2.75) is 31.5 Å². The van der Waals surface area contributed by atoms with Gasteiger partial charge in [-0.1, -0.05) is 47.0 Å². The van der Waals surface area contributed by atoms with Crippen molar-refractivity contribution in [3.05, 3.63) is 46.3 Å². The minimum absolute atomic E-state index is 0.0739. The highest BCUT2D eigenvalue weighted by Crippen LogP contribution is 2.51. The van der Waals surface area contributed by atoms with Gasteiger partial charge in [-0.3, -0.25) is 14.2 Å². The summed E-state index contributed by atoms with van der Waals surface area (Å²) < 4.78 is 28.3. The van der Waals surface area contributed by atoms with E-state index in [1.54, 1.807) is 6.92 Å². The van der Waals surface area contributed by atoms with E-state index in [1.807, 2.05) is 30.3 Å². The lowest BCUT2D eigenvalue weighted by Gasteiger charge is -2.42. The molecule has 0 radical (unpaired) electrons. The molecular weight excluding hydrogens is 411 g/mol. The Morgan fingerprint density at radius 3 is 2.68 bits per heavy atom. The van der Waals surface area contributed by atoms with Gasteiger partial charge in [0.25, 0.3) is 0 Å². The highest BCUT2D eigenvalue weighted by Gasteiger charge is 2.49. The number of esters is 1. The van der Waals surface area contributed by atoms with Crippen LogP contribution in [0.25, 0.3) is 10.4 Å². The normalized spacial score (nSPS) is 20.6. The lowest BCUT2D eigenvalue weighted by Crippen LogP contribution is -2.61. The van der Waals surface area contributed by atoms with Crippen molar-refractivity contribution in [2.75, 3.05) is 19.5 Å². The van der Waals surface area contributed by atoms with Gasteiger partial charge in [-0.2, -0.15) is 0 Å². The molecule has 28 heavy (non-hydrogen) atoms. The third-order valence-electron chi connectivity index (χ3n) is 3.76. The van der Waals surface area contributed by atoms with E-state index < -0.39 is 37.3 Å². The van der Waals surface area contributed by atoms with Crippen LogP contribution in [0, 0.1) is 0 Å². The third-order valence-corrected chi connectivity index (χ3v) is 6.11. The van der Waals surface area contributed by atoms with E-state index in [4.69, 9.17) is 30.9 Å². The first-order chi connectivity index (χ1) is 13.4. The molecule has 1 amide bonds. The fourth-order valence-electron chi connectivity index (χ4n) is 2.39. The smallest absolute Gasteiger partial charge is 0.349 e. The number of hydrogen-bond acceptors (Lipinski definition) is 7. The summed E-state index contributed by atoms with van der Waals surface area (Å²) in [4.78, 5) is 27.3. The van der Waals surface area contributed by atoms with Crippen molar-refractivity contribution in [1.82, 2.24) is 4.90 Å². The number of carbonyl (C=O) groups excluding carboxylic acids is 2. The predicted octanol–water partition coefficient (Wildman–Crippen LogP) is 3.41. The fourth-order valence-corrected chi connectivity index (χ4v) is 4.49. The van der Waals surface area contributed by atoms with Gasteiger partial charge in [0.15, 0.2) is 6.04 Å². The Kier molecular flexibility index (Phi) is 8.29. The summed E-state index contributed by atoms with van der Waals surface area (Å²) in [5.74, 6) is -1.09. The number of alkyl halides is 1. The van der Waals surface area contributed by atoms with Crippen molar-refractivity contribution >= 4 is 31.1 Å². The van der Waals surface area contributed by atoms with Gasteiger partial charge in [0.2, 0.25) is 5.91 Å². The maximum Gasteiger partial charge on any atom is 0.349 e. The van der Waals surface area contributed by atoms with Gasteiger partial charge in [-0.05, 0) is 18.0 Å². The molecule has 1 aromatic carbocycles. The van der Waals surface area contributed by atoms with Crippen LogP contribution in [0.1, 0.15) is 18.9 Å². The molecule has 1 fully saturated rings. The van der Waals surface area contributed by atoms with Gasteiger partial charge in [0.05, 0.1) is 19.6 Å². The summed E-state index contributed by atoms with van der Waals surface area (Å²) in [7, 11) is -3.72. The Balaban J connectivity index is 1.81. The van der Waals surface area contributed by atoms with Crippen LogP contribution in [0.2, 0.25) is 0 Å². The van der Waals surface area contributed by atoms with Crippen molar-refractivity contribution in [3.8, 4) is 0 Å². The summed E-state index contributed by atoms with van der Waals surface area (Å²) in [5.41, 5.74) is 8.32. The molecule has 1 aromatic rings. The van der Waals surface area contributed by atoms with E-state index in [1.165, 1.54) is 0 Å². The maximum absolute atomic E-state index is 12.8. The van der Waals surface area contributed by atoms with Crippen molar-refractivity contribution in [1.29, 1.82) is 0 Å². The average Bonchev–Trinajstić information content (AvgIpc) is 2.69. The summed E-state index contributed by atoms with van der Waals surface area (Å²) >= 11 is 5.98. The molecule has 0 spiro atoms. The summed E-state index contributed by atoms with van der Waals surface area (Å²) in [6.45, 7) is 1.60. The first kappa shape index (κ1) is 22.2. The van der Waals surface area contributed by atoms with E-state index in [0.29, 0.717) is 0 Å². The van der Waals surface area contributed by atoms with E-state index >= 15 is 0 Å². The molecule has 0 N–H and O–H groups in total. The Hall–Kier alpha value is -2.09. The molecule has 1 aliphatic heterocycles. The summed E-state index contributed by atoms with van der Waals surface area (Å²) in [6, 6.07) is 8.12. The maximum atomic E-state index is 12.8. The van der Waals surface area contributed by atoms with E-state index in [9.17, 15) is 14.2 Å². The molecule has 12 heteroatoms. The molecule has 2 rings (SSSR count). The number of carbonyl (C=O) groups is 2. The van der Waals surface area contributed by atoms with Crippen molar-refractivity contribution < 1.29 is 27.9 Å². The monoisotopic (exact) mass is 430 g/mol.